The van der Waals surface area contributed by atoms with Gasteiger partial charge in [0.2, 0.25) is 0 Å². The van der Waals surface area contributed by atoms with E-state index < -0.39 is 5.60 Å². The molecule has 0 saturated heterocycles. The number of imidazole rings is 1. The third kappa shape index (κ3) is 3.34. The number of ether oxygens (including phenoxy) is 1. The predicted molar refractivity (Wildman–Crippen MR) is 96.7 cm³/mol. The molecule has 2 aromatic heterocycles. The molecule has 0 bridgehead atoms. The number of amides is 1. The highest BCUT2D eigenvalue weighted by Crippen LogP contribution is 2.24. The summed E-state index contributed by atoms with van der Waals surface area (Å²) in [5.74, 6) is -0.126. The fourth-order valence-corrected chi connectivity index (χ4v) is 3.12. The van der Waals surface area contributed by atoms with Crippen LogP contribution in [0.5, 0.6) is 0 Å². The summed E-state index contributed by atoms with van der Waals surface area (Å²) >= 11 is 1.46. The van der Waals surface area contributed by atoms with E-state index in [1.165, 1.54) is 16.9 Å². The SMILES string of the molecule is COC(C)(C)CNC(=O)c1csc2nc(-c3ccc(C)cc3)cn12. The van der Waals surface area contributed by atoms with Crippen LogP contribution in [0, 0.1) is 6.92 Å². The zero-order valence-electron chi connectivity index (χ0n) is 14.3. The minimum absolute atomic E-state index is 0.126. The number of nitrogens with one attached hydrogen (secondary N) is 1. The molecule has 24 heavy (non-hydrogen) atoms. The second-order valence-corrected chi connectivity index (χ2v) is 7.25. The van der Waals surface area contributed by atoms with Crippen molar-refractivity contribution in [1.82, 2.24) is 14.7 Å². The molecule has 0 aliphatic heterocycles. The van der Waals surface area contributed by atoms with E-state index in [1.807, 2.05) is 42.0 Å². The molecule has 0 aliphatic carbocycles. The van der Waals surface area contributed by atoms with Crippen LogP contribution in [-0.4, -0.2) is 34.5 Å². The summed E-state index contributed by atoms with van der Waals surface area (Å²) in [6.45, 7) is 6.37. The number of rotatable bonds is 5. The van der Waals surface area contributed by atoms with Gasteiger partial charge in [-0.25, -0.2) is 4.98 Å². The molecule has 1 amide bonds. The quantitative estimate of drug-likeness (QED) is 0.771. The lowest BCUT2D eigenvalue weighted by molar-refractivity contribution is 0.0228. The first-order valence-corrected chi connectivity index (χ1v) is 8.64. The number of benzene rings is 1. The topological polar surface area (TPSA) is 55.6 Å². The Morgan fingerprint density at radius 3 is 2.71 bits per heavy atom. The van der Waals surface area contributed by atoms with Crippen molar-refractivity contribution < 1.29 is 9.53 Å². The summed E-state index contributed by atoms with van der Waals surface area (Å²) in [4.78, 5) is 17.9. The lowest BCUT2D eigenvalue weighted by Crippen LogP contribution is -2.40. The highest BCUT2D eigenvalue weighted by Gasteiger charge is 2.20. The van der Waals surface area contributed by atoms with E-state index in [2.05, 4.69) is 29.4 Å². The Kier molecular flexibility index (Phi) is 4.43. The molecule has 0 atom stereocenters. The van der Waals surface area contributed by atoms with Crippen molar-refractivity contribution in [2.24, 2.45) is 0 Å². The van der Waals surface area contributed by atoms with Crippen molar-refractivity contribution >= 4 is 22.2 Å². The van der Waals surface area contributed by atoms with Crippen LogP contribution in [0.15, 0.2) is 35.8 Å². The van der Waals surface area contributed by atoms with Gasteiger partial charge in [0.25, 0.3) is 5.91 Å². The monoisotopic (exact) mass is 343 g/mol. The Labute approximate surface area is 145 Å². The van der Waals surface area contributed by atoms with Gasteiger partial charge in [0.05, 0.1) is 11.3 Å². The van der Waals surface area contributed by atoms with Gasteiger partial charge in [-0.1, -0.05) is 29.8 Å². The first-order valence-electron chi connectivity index (χ1n) is 7.76. The summed E-state index contributed by atoms with van der Waals surface area (Å²) in [5, 5.41) is 4.75. The largest absolute Gasteiger partial charge is 0.377 e. The van der Waals surface area contributed by atoms with Gasteiger partial charge >= 0.3 is 0 Å². The maximum Gasteiger partial charge on any atom is 0.269 e. The van der Waals surface area contributed by atoms with Crippen molar-refractivity contribution in [3.8, 4) is 11.3 Å². The van der Waals surface area contributed by atoms with Gasteiger partial charge in [-0.15, -0.1) is 11.3 Å². The van der Waals surface area contributed by atoms with Gasteiger partial charge < -0.3 is 10.1 Å². The molecule has 1 aromatic carbocycles. The number of carbonyl (C=O) groups is 1. The molecule has 2 heterocycles. The van der Waals surface area contributed by atoms with Crippen LogP contribution in [0.25, 0.3) is 16.2 Å². The number of aryl methyl sites for hydroxylation is 1. The molecule has 6 heteroatoms. The normalized spacial score (nSPS) is 11.8. The molecule has 3 aromatic rings. The van der Waals surface area contributed by atoms with E-state index in [0.717, 1.165) is 16.2 Å². The van der Waals surface area contributed by atoms with E-state index >= 15 is 0 Å². The third-order valence-corrected chi connectivity index (χ3v) is 4.86. The molecule has 0 aliphatic rings. The van der Waals surface area contributed by atoms with E-state index in [1.54, 1.807) is 7.11 Å². The third-order valence-electron chi connectivity index (χ3n) is 4.02. The Balaban J connectivity index is 1.85. The minimum atomic E-state index is -0.396. The standard InChI is InChI=1S/C18H21N3O2S/c1-12-5-7-13(8-6-12)14-9-21-15(10-24-17(21)20-14)16(22)19-11-18(2,3)23-4/h5-10H,11H2,1-4H3,(H,19,22). The highest BCUT2D eigenvalue weighted by atomic mass is 32.1. The van der Waals surface area contributed by atoms with Crippen LogP contribution < -0.4 is 5.32 Å². The summed E-state index contributed by atoms with van der Waals surface area (Å²) in [5.41, 5.74) is 3.32. The lowest BCUT2D eigenvalue weighted by Gasteiger charge is -2.22. The average molecular weight is 343 g/mol. The maximum absolute atomic E-state index is 12.5. The van der Waals surface area contributed by atoms with E-state index in [4.69, 9.17) is 4.74 Å². The Bertz CT molecular complexity index is 862. The number of fused-ring (bicyclic) bond motifs is 1. The van der Waals surface area contributed by atoms with Gasteiger partial charge in [-0.05, 0) is 20.8 Å². The van der Waals surface area contributed by atoms with Crippen molar-refractivity contribution in [2.45, 2.75) is 26.4 Å². The van der Waals surface area contributed by atoms with E-state index in [9.17, 15) is 4.79 Å². The lowest BCUT2D eigenvalue weighted by atomic mass is 10.1. The number of aromatic nitrogens is 2. The van der Waals surface area contributed by atoms with Crippen molar-refractivity contribution in [3.05, 3.63) is 47.1 Å². The Hall–Kier alpha value is -2.18. The van der Waals surface area contributed by atoms with Gasteiger partial charge in [0.15, 0.2) is 4.96 Å². The Morgan fingerprint density at radius 1 is 1.33 bits per heavy atom. The fourth-order valence-electron chi connectivity index (χ4n) is 2.27. The van der Waals surface area contributed by atoms with Gasteiger partial charge in [-0.3, -0.25) is 9.20 Å². The number of nitrogens with zero attached hydrogens (tertiary/aromatic N) is 2. The first-order chi connectivity index (χ1) is 11.4. The molecule has 0 fully saturated rings. The maximum atomic E-state index is 12.5. The molecular formula is C18H21N3O2S. The number of methoxy groups -OCH3 is 1. The van der Waals surface area contributed by atoms with Crippen LogP contribution in [0.2, 0.25) is 0 Å². The minimum Gasteiger partial charge on any atom is -0.377 e. The van der Waals surface area contributed by atoms with Crippen LogP contribution in [0.4, 0.5) is 0 Å². The van der Waals surface area contributed by atoms with Crippen molar-refractivity contribution in [1.29, 1.82) is 0 Å². The number of thiazole rings is 1. The predicted octanol–water partition coefficient (Wildman–Crippen LogP) is 3.53. The number of carbonyl (C=O) groups excluding carboxylic acids is 1. The number of hydrogen-bond donors (Lipinski definition) is 1. The fraction of sp³-hybridized carbons (Fsp3) is 0.333. The molecule has 126 valence electrons. The second-order valence-electron chi connectivity index (χ2n) is 6.41. The summed E-state index contributed by atoms with van der Waals surface area (Å²) in [6, 6.07) is 8.21. The Morgan fingerprint density at radius 2 is 2.04 bits per heavy atom. The van der Waals surface area contributed by atoms with Crippen LogP contribution in [-0.2, 0) is 4.74 Å². The van der Waals surface area contributed by atoms with Crippen LogP contribution in [0.1, 0.15) is 29.9 Å². The molecule has 1 N–H and O–H groups in total. The molecule has 5 nitrogen and oxygen atoms in total. The highest BCUT2D eigenvalue weighted by molar-refractivity contribution is 7.15. The van der Waals surface area contributed by atoms with E-state index in [0.29, 0.717) is 12.2 Å². The zero-order chi connectivity index (χ0) is 17.3. The summed E-state index contributed by atoms with van der Waals surface area (Å²) < 4.78 is 7.18. The molecule has 3 rings (SSSR count). The first kappa shape index (κ1) is 16.7. The average Bonchev–Trinajstić information content (AvgIpc) is 3.14. The zero-order valence-corrected chi connectivity index (χ0v) is 15.1. The molecule has 0 spiro atoms. The smallest absolute Gasteiger partial charge is 0.269 e. The second kappa shape index (κ2) is 6.37. The van der Waals surface area contributed by atoms with Gasteiger partial charge in [0, 0.05) is 30.8 Å². The van der Waals surface area contributed by atoms with Gasteiger partial charge in [0.1, 0.15) is 5.69 Å². The van der Waals surface area contributed by atoms with Crippen molar-refractivity contribution in [3.63, 3.8) is 0 Å². The van der Waals surface area contributed by atoms with E-state index in [-0.39, 0.29) is 5.91 Å². The van der Waals surface area contributed by atoms with Gasteiger partial charge in [-0.2, -0.15) is 0 Å². The molecule has 0 saturated carbocycles. The summed E-state index contributed by atoms with van der Waals surface area (Å²) in [6.07, 6.45) is 1.91. The summed E-state index contributed by atoms with van der Waals surface area (Å²) in [7, 11) is 1.64. The number of hydrogen-bond acceptors (Lipinski definition) is 4. The van der Waals surface area contributed by atoms with Crippen LogP contribution in [0.3, 0.4) is 0 Å². The molecule has 0 radical (unpaired) electrons. The molecule has 0 unspecified atom stereocenters. The molecular weight excluding hydrogens is 322 g/mol. The van der Waals surface area contributed by atoms with Crippen LogP contribution >= 0.6 is 11.3 Å². The van der Waals surface area contributed by atoms with Crippen molar-refractivity contribution in [2.75, 3.05) is 13.7 Å².